The van der Waals surface area contributed by atoms with E-state index in [4.69, 9.17) is 0 Å². The van der Waals surface area contributed by atoms with Crippen LogP contribution in [0.15, 0.2) is 64.8 Å². The second kappa shape index (κ2) is 7.40. The molecule has 1 amide bonds. The van der Waals surface area contributed by atoms with Crippen LogP contribution < -0.4 is 4.90 Å². The van der Waals surface area contributed by atoms with Gasteiger partial charge in [-0.05, 0) is 36.4 Å². The normalized spacial score (nSPS) is 17.6. The van der Waals surface area contributed by atoms with E-state index in [1.165, 1.54) is 18.7 Å². The summed E-state index contributed by atoms with van der Waals surface area (Å²) in [6, 6.07) is 16.9. The molecule has 0 radical (unpaired) electrons. The molecule has 0 bridgehead atoms. The Hall–Kier alpha value is -2.47. The van der Waals surface area contributed by atoms with E-state index in [2.05, 4.69) is 10.2 Å². The maximum atomic E-state index is 12.1. The van der Waals surface area contributed by atoms with Gasteiger partial charge in [-0.15, -0.1) is 0 Å². The Bertz CT molecular complexity index is 760. The smallest absolute Gasteiger partial charge is 0.228 e. The van der Waals surface area contributed by atoms with E-state index >= 15 is 0 Å². The summed E-state index contributed by atoms with van der Waals surface area (Å²) >= 11 is 1.24. The maximum absolute atomic E-state index is 12.1. The molecule has 1 aliphatic rings. The average molecular weight is 339 g/mol. The van der Waals surface area contributed by atoms with Gasteiger partial charge in [-0.3, -0.25) is 9.59 Å². The number of azo groups is 1. The standard InChI is InChI=1S/C18H17N3O2S/c1-13(22)24-17-11-18(23)21(12-17)16-9-7-15(8-10-16)20-19-14-5-3-2-4-6-14/h2-10,17H,11-12H2,1H3. The van der Waals surface area contributed by atoms with Crippen molar-refractivity contribution in [1.29, 1.82) is 0 Å². The third-order valence-corrected chi connectivity index (χ3v) is 4.60. The summed E-state index contributed by atoms with van der Waals surface area (Å²) in [5.41, 5.74) is 2.34. The molecule has 5 nitrogen and oxygen atoms in total. The van der Waals surface area contributed by atoms with E-state index in [0.717, 1.165) is 17.1 Å². The molecule has 24 heavy (non-hydrogen) atoms. The first-order valence-corrected chi connectivity index (χ1v) is 8.54. The Kier molecular flexibility index (Phi) is 5.05. The zero-order chi connectivity index (χ0) is 16.9. The number of amides is 1. The highest BCUT2D eigenvalue weighted by Gasteiger charge is 2.31. The van der Waals surface area contributed by atoms with Crippen molar-refractivity contribution in [2.24, 2.45) is 10.2 Å². The fourth-order valence-electron chi connectivity index (χ4n) is 2.55. The van der Waals surface area contributed by atoms with Crippen molar-refractivity contribution in [2.45, 2.75) is 18.6 Å². The molecular weight excluding hydrogens is 322 g/mol. The molecule has 0 N–H and O–H groups in total. The Balaban J connectivity index is 1.67. The summed E-state index contributed by atoms with van der Waals surface area (Å²) in [5.74, 6) is 0.0485. The first-order chi connectivity index (χ1) is 11.6. The van der Waals surface area contributed by atoms with Crippen LogP contribution in [0, 0.1) is 0 Å². The van der Waals surface area contributed by atoms with E-state index in [1.54, 1.807) is 4.90 Å². The Morgan fingerprint density at radius 2 is 1.67 bits per heavy atom. The van der Waals surface area contributed by atoms with Crippen LogP contribution in [0.2, 0.25) is 0 Å². The largest absolute Gasteiger partial charge is 0.311 e. The summed E-state index contributed by atoms with van der Waals surface area (Å²) in [5, 5.41) is 8.44. The summed E-state index contributed by atoms with van der Waals surface area (Å²) in [4.78, 5) is 25.0. The lowest BCUT2D eigenvalue weighted by atomic mass is 10.2. The summed E-state index contributed by atoms with van der Waals surface area (Å²) in [6.07, 6.45) is 0.402. The third kappa shape index (κ3) is 4.08. The number of benzene rings is 2. The van der Waals surface area contributed by atoms with Crippen LogP contribution in [-0.4, -0.2) is 22.8 Å². The highest BCUT2D eigenvalue weighted by molar-refractivity contribution is 8.14. The van der Waals surface area contributed by atoms with Crippen molar-refractivity contribution in [3.05, 3.63) is 54.6 Å². The van der Waals surface area contributed by atoms with Crippen molar-refractivity contribution in [3.8, 4) is 0 Å². The predicted octanol–water partition coefficient (Wildman–Crippen LogP) is 4.49. The number of carbonyl (C=O) groups is 2. The van der Waals surface area contributed by atoms with Gasteiger partial charge in [-0.25, -0.2) is 0 Å². The maximum Gasteiger partial charge on any atom is 0.228 e. The fourth-order valence-corrected chi connectivity index (χ4v) is 3.47. The lowest BCUT2D eigenvalue weighted by Crippen LogP contribution is -2.24. The van der Waals surface area contributed by atoms with Crippen LogP contribution in [0.4, 0.5) is 17.1 Å². The predicted molar refractivity (Wildman–Crippen MR) is 96.1 cm³/mol. The van der Waals surface area contributed by atoms with Gasteiger partial charge in [0.15, 0.2) is 5.12 Å². The van der Waals surface area contributed by atoms with Gasteiger partial charge in [0, 0.05) is 30.8 Å². The van der Waals surface area contributed by atoms with Crippen LogP contribution >= 0.6 is 11.8 Å². The number of thioether (sulfide) groups is 1. The van der Waals surface area contributed by atoms with E-state index in [-0.39, 0.29) is 16.3 Å². The molecular formula is C18H17N3O2S. The molecule has 1 aliphatic heterocycles. The number of hydrogen-bond acceptors (Lipinski definition) is 5. The van der Waals surface area contributed by atoms with Gasteiger partial charge in [-0.1, -0.05) is 30.0 Å². The van der Waals surface area contributed by atoms with E-state index in [1.807, 2.05) is 54.6 Å². The number of hydrogen-bond donors (Lipinski definition) is 0. The molecule has 2 aromatic carbocycles. The van der Waals surface area contributed by atoms with E-state index in [0.29, 0.717) is 13.0 Å². The van der Waals surface area contributed by atoms with Crippen molar-refractivity contribution >= 4 is 39.8 Å². The van der Waals surface area contributed by atoms with Gasteiger partial charge >= 0.3 is 0 Å². The second-order valence-electron chi connectivity index (χ2n) is 5.49. The van der Waals surface area contributed by atoms with Crippen molar-refractivity contribution in [2.75, 3.05) is 11.4 Å². The number of carbonyl (C=O) groups excluding carboxylic acids is 2. The van der Waals surface area contributed by atoms with E-state index < -0.39 is 0 Å². The van der Waals surface area contributed by atoms with Crippen LogP contribution in [0.5, 0.6) is 0 Å². The van der Waals surface area contributed by atoms with Gasteiger partial charge in [0.25, 0.3) is 0 Å². The highest BCUT2D eigenvalue weighted by atomic mass is 32.2. The SMILES string of the molecule is CC(=O)SC1CC(=O)N(c2ccc(N=Nc3ccccc3)cc2)C1. The average Bonchev–Trinajstić information content (AvgIpc) is 2.94. The molecule has 6 heteroatoms. The fraction of sp³-hybridized carbons (Fsp3) is 0.222. The minimum Gasteiger partial charge on any atom is -0.311 e. The van der Waals surface area contributed by atoms with Gasteiger partial charge in [-0.2, -0.15) is 10.2 Å². The van der Waals surface area contributed by atoms with Gasteiger partial charge in [0.05, 0.1) is 11.4 Å². The van der Waals surface area contributed by atoms with Gasteiger partial charge < -0.3 is 4.90 Å². The molecule has 3 rings (SSSR count). The Morgan fingerprint density at radius 3 is 2.29 bits per heavy atom. The highest BCUT2D eigenvalue weighted by Crippen LogP contribution is 2.30. The minimum absolute atomic E-state index is 0.0347. The second-order valence-corrected chi connectivity index (χ2v) is 6.97. The molecule has 0 aromatic heterocycles. The van der Waals surface area contributed by atoms with Crippen LogP contribution in [-0.2, 0) is 9.59 Å². The molecule has 0 aliphatic carbocycles. The zero-order valence-electron chi connectivity index (χ0n) is 13.3. The van der Waals surface area contributed by atoms with Crippen molar-refractivity contribution in [3.63, 3.8) is 0 Å². The number of nitrogens with zero attached hydrogens (tertiary/aromatic N) is 3. The first kappa shape index (κ1) is 16.4. The van der Waals surface area contributed by atoms with Gasteiger partial charge in [0.2, 0.25) is 5.91 Å². The van der Waals surface area contributed by atoms with Crippen LogP contribution in [0.3, 0.4) is 0 Å². The molecule has 1 heterocycles. The molecule has 2 aromatic rings. The minimum atomic E-state index is 0.0347. The number of rotatable bonds is 4. The molecule has 1 unspecified atom stereocenters. The topological polar surface area (TPSA) is 62.1 Å². The van der Waals surface area contributed by atoms with E-state index in [9.17, 15) is 9.59 Å². The molecule has 122 valence electrons. The van der Waals surface area contributed by atoms with Gasteiger partial charge in [0.1, 0.15) is 0 Å². The molecule has 0 spiro atoms. The molecule has 1 atom stereocenters. The first-order valence-electron chi connectivity index (χ1n) is 7.66. The lowest BCUT2D eigenvalue weighted by molar-refractivity contribution is -0.117. The third-order valence-electron chi connectivity index (χ3n) is 3.62. The molecule has 1 saturated heterocycles. The van der Waals surface area contributed by atoms with Crippen LogP contribution in [0.25, 0.3) is 0 Å². The Morgan fingerprint density at radius 1 is 1.04 bits per heavy atom. The zero-order valence-corrected chi connectivity index (χ0v) is 14.1. The quantitative estimate of drug-likeness (QED) is 0.771. The lowest BCUT2D eigenvalue weighted by Gasteiger charge is -2.16. The monoisotopic (exact) mass is 339 g/mol. The summed E-state index contributed by atoms with van der Waals surface area (Å²) in [6.45, 7) is 2.10. The van der Waals surface area contributed by atoms with Crippen LogP contribution in [0.1, 0.15) is 13.3 Å². The Labute approximate surface area is 144 Å². The molecule has 0 saturated carbocycles. The van der Waals surface area contributed by atoms with Crippen molar-refractivity contribution in [1.82, 2.24) is 0 Å². The number of anilines is 1. The van der Waals surface area contributed by atoms with Crippen molar-refractivity contribution < 1.29 is 9.59 Å². The molecule has 1 fully saturated rings. The summed E-state index contributed by atoms with van der Waals surface area (Å²) in [7, 11) is 0. The summed E-state index contributed by atoms with van der Waals surface area (Å²) < 4.78 is 0.